The highest BCUT2D eigenvalue weighted by atomic mass is 16.1. The van der Waals surface area contributed by atoms with Gasteiger partial charge in [-0.2, -0.15) is 0 Å². The van der Waals surface area contributed by atoms with Crippen LogP contribution in [0.4, 0.5) is 0 Å². The molecule has 25 heavy (non-hydrogen) atoms. The Balaban J connectivity index is 1.71. The number of hydrogen-bond donors (Lipinski definition) is 0. The lowest BCUT2D eigenvalue weighted by molar-refractivity contribution is 0.0989. The monoisotopic (exact) mass is 332 g/mol. The summed E-state index contributed by atoms with van der Waals surface area (Å²) in [5, 5.41) is 1.12. The van der Waals surface area contributed by atoms with E-state index in [1.54, 1.807) is 0 Å². The van der Waals surface area contributed by atoms with Gasteiger partial charge in [-0.15, -0.1) is 0 Å². The van der Waals surface area contributed by atoms with E-state index in [9.17, 15) is 4.79 Å². The number of carbonyl (C=O) groups excluding carboxylic acids is 1. The SMILES string of the molecule is CCC(=O)c1c(C)n(C)c2cc3c(cc12)CN(Cc1ccccc1)C3. The Bertz CT molecular complexity index is 953. The average molecular weight is 332 g/mol. The second kappa shape index (κ2) is 6.16. The number of fused-ring (bicyclic) bond motifs is 2. The predicted molar refractivity (Wildman–Crippen MR) is 102 cm³/mol. The summed E-state index contributed by atoms with van der Waals surface area (Å²) >= 11 is 0. The summed E-state index contributed by atoms with van der Waals surface area (Å²) in [4.78, 5) is 14.9. The Morgan fingerprint density at radius 3 is 2.44 bits per heavy atom. The molecule has 3 nitrogen and oxygen atoms in total. The van der Waals surface area contributed by atoms with Crippen molar-refractivity contribution in [3.63, 3.8) is 0 Å². The molecular weight excluding hydrogens is 308 g/mol. The Labute approximate surface area is 148 Å². The predicted octanol–water partition coefficient (Wildman–Crippen LogP) is 4.60. The molecule has 0 saturated carbocycles. The highest BCUT2D eigenvalue weighted by Crippen LogP contribution is 2.33. The summed E-state index contributed by atoms with van der Waals surface area (Å²) in [5.74, 6) is 0.238. The lowest BCUT2D eigenvalue weighted by Crippen LogP contribution is -2.15. The number of ketones is 1. The maximum atomic E-state index is 12.4. The zero-order valence-corrected chi connectivity index (χ0v) is 15.2. The fourth-order valence-corrected chi connectivity index (χ4v) is 4.01. The minimum absolute atomic E-state index is 0.238. The van der Waals surface area contributed by atoms with Gasteiger partial charge in [0.2, 0.25) is 0 Å². The van der Waals surface area contributed by atoms with Gasteiger partial charge >= 0.3 is 0 Å². The Morgan fingerprint density at radius 1 is 1.08 bits per heavy atom. The van der Waals surface area contributed by atoms with Crippen LogP contribution in [-0.4, -0.2) is 15.3 Å². The minimum atomic E-state index is 0.238. The molecule has 0 atom stereocenters. The van der Waals surface area contributed by atoms with E-state index in [4.69, 9.17) is 0 Å². The van der Waals surface area contributed by atoms with Gasteiger partial charge in [-0.05, 0) is 35.7 Å². The summed E-state index contributed by atoms with van der Waals surface area (Å²) in [6.45, 7) is 6.88. The smallest absolute Gasteiger partial charge is 0.165 e. The summed E-state index contributed by atoms with van der Waals surface area (Å²) in [5.41, 5.74) is 7.25. The maximum Gasteiger partial charge on any atom is 0.165 e. The van der Waals surface area contributed by atoms with Crippen molar-refractivity contribution in [2.45, 2.75) is 39.9 Å². The standard InChI is InChI=1S/C22H24N2O/c1-4-21(25)22-15(2)23(3)20-11-18-14-24(13-17(18)10-19(20)22)12-16-8-6-5-7-9-16/h5-11H,4,12-14H2,1-3H3. The van der Waals surface area contributed by atoms with Gasteiger partial charge in [0.15, 0.2) is 5.78 Å². The van der Waals surface area contributed by atoms with Crippen LogP contribution in [0.3, 0.4) is 0 Å². The van der Waals surface area contributed by atoms with Crippen LogP contribution < -0.4 is 0 Å². The number of hydrogen-bond acceptors (Lipinski definition) is 2. The molecule has 128 valence electrons. The molecule has 4 rings (SSSR count). The molecule has 0 bridgehead atoms. The Kier molecular flexibility index (Phi) is 3.97. The summed E-state index contributed by atoms with van der Waals surface area (Å²) < 4.78 is 2.17. The lowest BCUT2D eigenvalue weighted by atomic mass is 10.0. The molecule has 2 heterocycles. The number of carbonyl (C=O) groups is 1. The first-order chi connectivity index (χ1) is 12.1. The van der Waals surface area contributed by atoms with E-state index in [0.29, 0.717) is 6.42 Å². The molecule has 3 aromatic rings. The van der Waals surface area contributed by atoms with Crippen molar-refractivity contribution in [1.29, 1.82) is 0 Å². The molecule has 2 aromatic carbocycles. The summed E-state index contributed by atoms with van der Waals surface area (Å²) in [7, 11) is 2.06. The van der Waals surface area contributed by atoms with Crippen LogP contribution in [0, 0.1) is 6.92 Å². The molecule has 1 aliphatic heterocycles. The lowest BCUT2D eigenvalue weighted by Gasteiger charge is -2.14. The van der Waals surface area contributed by atoms with Crippen molar-refractivity contribution in [2.75, 3.05) is 0 Å². The van der Waals surface area contributed by atoms with Gasteiger partial charge in [0.1, 0.15) is 0 Å². The fourth-order valence-electron chi connectivity index (χ4n) is 4.01. The number of aryl methyl sites for hydroxylation is 1. The van der Waals surface area contributed by atoms with Crippen molar-refractivity contribution >= 4 is 16.7 Å². The first-order valence-electron chi connectivity index (χ1n) is 8.98. The maximum absolute atomic E-state index is 12.4. The molecule has 0 aliphatic carbocycles. The number of aromatic nitrogens is 1. The van der Waals surface area contributed by atoms with Crippen LogP contribution in [0.5, 0.6) is 0 Å². The van der Waals surface area contributed by atoms with Gasteiger partial charge in [0.05, 0.1) is 0 Å². The molecule has 1 aliphatic rings. The third-order valence-corrected chi connectivity index (χ3v) is 5.45. The number of rotatable bonds is 4. The van der Waals surface area contributed by atoms with Crippen molar-refractivity contribution in [2.24, 2.45) is 7.05 Å². The third-order valence-electron chi connectivity index (χ3n) is 5.45. The molecule has 0 unspecified atom stereocenters. The molecule has 1 aromatic heterocycles. The number of nitrogens with zero attached hydrogens (tertiary/aromatic N) is 2. The normalized spacial score (nSPS) is 14.2. The summed E-state index contributed by atoms with van der Waals surface area (Å²) in [6, 6.07) is 15.2. The largest absolute Gasteiger partial charge is 0.347 e. The molecule has 0 saturated heterocycles. The average Bonchev–Trinajstić information content (AvgIpc) is 3.12. The molecule has 3 heteroatoms. The van der Waals surface area contributed by atoms with Crippen LogP contribution in [0.1, 0.15) is 46.1 Å². The van der Waals surface area contributed by atoms with Crippen LogP contribution in [0.15, 0.2) is 42.5 Å². The van der Waals surface area contributed by atoms with Gasteiger partial charge in [-0.3, -0.25) is 9.69 Å². The highest BCUT2D eigenvalue weighted by molar-refractivity contribution is 6.09. The highest BCUT2D eigenvalue weighted by Gasteiger charge is 2.24. The summed E-state index contributed by atoms with van der Waals surface area (Å²) in [6.07, 6.45) is 0.553. The van der Waals surface area contributed by atoms with Crippen molar-refractivity contribution in [3.8, 4) is 0 Å². The Morgan fingerprint density at radius 2 is 1.76 bits per heavy atom. The zero-order chi connectivity index (χ0) is 17.6. The molecule has 0 amide bonds. The zero-order valence-electron chi connectivity index (χ0n) is 15.2. The van der Waals surface area contributed by atoms with E-state index < -0.39 is 0 Å². The van der Waals surface area contributed by atoms with Crippen LogP contribution in [0.2, 0.25) is 0 Å². The van der Waals surface area contributed by atoms with E-state index in [2.05, 4.69) is 65.9 Å². The van der Waals surface area contributed by atoms with Gasteiger partial charge in [-0.25, -0.2) is 0 Å². The first kappa shape index (κ1) is 16.1. The third kappa shape index (κ3) is 2.69. The van der Waals surface area contributed by atoms with Crippen molar-refractivity contribution in [1.82, 2.24) is 9.47 Å². The van der Waals surface area contributed by atoms with Gasteiger partial charge in [0, 0.05) is 55.3 Å². The van der Waals surface area contributed by atoms with Gasteiger partial charge in [-0.1, -0.05) is 37.3 Å². The number of Topliss-reactive ketones (excluding diaryl/α,β-unsaturated/α-hetero) is 1. The minimum Gasteiger partial charge on any atom is -0.347 e. The molecule has 0 N–H and O–H groups in total. The first-order valence-corrected chi connectivity index (χ1v) is 8.98. The van der Waals surface area contributed by atoms with E-state index in [0.717, 1.165) is 36.3 Å². The second-order valence-electron chi connectivity index (χ2n) is 7.06. The quantitative estimate of drug-likeness (QED) is 0.653. The van der Waals surface area contributed by atoms with E-state index in [1.807, 2.05) is 6.92 Å². The molecular formula is C22H24N2O. The van der Waals surface area contributed by atoms with Crippen LogP contribution in [0.25, 0.3) is 10.9 Å². The Hall–Kier alpha value is -2.39. The molecule has 0 spiro atoms. The fraction of sp³-hybridized carbons (Fsp3) is 0.318. The van der Waals surface area contributed by atoms with Gasteiger partial charge < -0.3 is 4.57 Å². The van der Waals surface area contributed by atoms with Crippen molar-refractivity contribution < 1.29 is 4.79 Å². The van der Waals surface area contributed by atoms with E-state index >= 15 is 0 Å². The second-order valence-corrected chi connectivity index (χ2v) is 7.06. The van der Waals surface area contributed by atoms with Crippen LogP contribution >= 0.6 is 0 Å². The molecule has 0 fully saturated rings. The molecule has 0 radical (unpaired) electrons. The van der Waals surface area contributed by atoms with Crippen molar-refractivity contribution in [3.05, 3.63) is 70.4 Å². The topological polar surface area (TPSA) is 25.2 Å². The van der Waals surface area contributed by atoms with Gasteiger partial charge in [0.25, 0.3) is 0 Å². The number of benzene rings is 2. The van der Waals surface area contributed by atoms with E-state index in [-0.39, 0.29) is 5.78 Å². The van der Waals surface area contributed by atoms with Crippen LogP contribution in [-0.2, 0) is 26.7 Å². The van der Waals surface area contributed by atoms with E-state index in [1.165, 1.54) is 22.2 Å².